The average Bonchev–Trinajstić information content (AvgIpc) is 2.64. The van der Waals surface area contributed by atoms with Gasteiger partial charge in [0.1, 0.15) is 5.15 Å². The summed E-state index contributed by atoms with van der Waals surface area (Å²) in [5, 5.41) is 4.63. The van der Waals surface area contributed by atoms with Gasteiger partial charge in [0.05, 0.1) is 23.0 Å². The van der Waals surface area contributed by atoms with Gasteiger partial charge in [-0.3, -0.25) is 9.67 Å². The van der Waals surface area contributed by atoms with Crippen molar-refractivity contribution in [1.29, 1.82) is 0 Å². The zero-order valence-electron chi connectivity index (χ0n) is 11.4. The van der Waals surface area contributed by atoms with Crippen molar-refractivity contribution in [2.24, 2.45) is 12.8 Å². The number of pyridine rings is 1. The van der Waals surface area contributed by atoms with Crippen LogP contribution < -0.4 is 5.73 Å². The summed E-state index contributed by atoms with van der Waals surface area (Å²) in [5.74, 6) is 0. The Labute approximate surface area is 124 Å². The van der Waals surface area contributed by atoms with Crippen LogP contribution in [0.1, 0.15) is 28.6 Å². The third kappa shape index (κ3) is 3.36. The quantitative estimate of drug-likeness (QED) is 0.946. The molecule has 21 heavy (non-hydrogen) atoms. The van der Waals surface area contributed by atoms with Crippen molar-refractivity contribution in [1.82, 2.24) is 14.8 Å². The van der Waals surface area contributed by atoms with Crippen LogP contribution in [0.25, 0.3) is 0 Å². The zero-order chi connectivity index (χ0) is 15.8. The van der Waals surface area contributed by atoms with Gasteiger partial charge in [-0.2, -0.15) is 18.3 Å². The van der Waals surface area contributed by atoms with Gasteiger partial charge in [-0.15, -0.1) is 0 Å². The van der Waals surface area contributed by atoms with E-state index in [4.69, 9.17) is 17.3 Å². The van der Waals surface area contributed by atoms with Gasteiger partial charge >= 0.3 is 6.18 Å². The van der Waals surface area contributed by atoms with Crippen LogP contribution in [0.5, 0.6) is 0 Å². The molecule has 2 heterocycles. The Morgan fingerprint density at radius 2 is 2.05 bits per heavy atom. The summed E-state index contributed by atoms with van der Waals surface area (Å²) >= 11 is 6.11. The smallest absolute Gasteiger partial charge is 0.322 e. The number of aryl methyl sites for hydroxylation is 2. The molecule has 0 saturated carbocycles. The molecule has 2 aromatic rings. The predicted octanol–water partition coefficient (Wildman–Crippen LogP) is 3.04. The number of halogens is 4. The molecule has 1 atom stereocenters. The van der Waals surface area contributed by atoms with E-state index in [2.05, 4.69) is 10.1 Å². The Kier molecular flexibility index (Phi) is 4.25. The molecule has 0 radical (unpaired) electrons. The van der Waals surface area contributed by atoms with Crippen molar-refractivity contribution in [3.05, 3.63) is 46.0 Å². The summed E-state index contributed by atoms with van der Waals surface area (Å²) in [4.78, 5) is 3.79. The van der Waals surface area contributed by atoms with E-state index < -0.39 is 17.8 Å². The number of alkyl halides is 3. The second-order valence-corrected chi connectivity index (χ2v) is 5.12. The lowest BCUT2D eigenvalue weighted by atomic mass is 10.0. The number of hydrogen-bond acceptors (Lipinski definition) is 3. The summed E-state index contributed by atoms with van der Waals surface area (Å²) in [6, 6.07) is 1.71. The number of rotatable bonds is 3. The normalized spacial score (nSPS) is 13.5. The monoisotopic (exact) mass is 318 g/mol. The second kappa shape index (κ2) is 5.65. The molecule has 0 aliphatic carbocycles. The summed E-state index contributed by atoms with van der Waals surface area (Å²) in [5.41, 5.74) is 7.09. The summed E-state index contributed by atoms with van der Waals surface area (Å²) in [6.45, 7) is 1.80. The molecule has 0 aliphatic heterocycles. The molecule has 0 bridgehead atoms. The van der Waals surface area contributed by atoms with E-state index >= 15 is 0 Å². The van der Waals surface area contributed by atoms with Gasteiger partial charge in [-0.25, -0.2) is 0 Å². The molecule has 4 nitrogen and oxygen atoms in total. The molecule has 2 N–H and O–H groups in total. The van der Waals surface area contributed by atoms with E-state index in [0.717, 1.165) is 23.5 Å². The van der Waals surface area contributed by atoms with Crippen molar-refractivity contribution < 1.29 is 13.2 Å². The Bertz CT molecular complexity index is 634. The van der Waals surface area contributed by atoms with Crippen LogP contribution in [0.3, 0.4) is 0 Å². The van der Waals surface area contributed by atoms with Crippen LogP contribution in [0.2, 0.25) is 5.15 Å². The highest BCUT2D eigenvalue weighted by Crippen LogP contribution is 2.29. The van der Waals surface area contributed by atoms with E-state index in [1.54, 1.807) is 14.0 Å². The fourth-order valence-electron chi connectivity index (χ4n) is 2.02. The molecule has 0 aliphatic rings. The molecule has 2 rings (SSSR count). The fourth-order valence-corrected chi connectivity index (χ4v) is 2.27. The molecule has 0 aromatic carbocycles. The molecule has 0 saturated heterocycles. The standard InChI is InChI=1S/C13H14ClF3N4/c1-7-9(12(14)21(2)20-7)5-10(18)11-4-3-8(6-19-11)13(15,16)17/h3-4,6,10H,5,18H2,1-2H3. The number of nitrogens with two attached hydrogens (primary N) is 1. The molecule has 0 spiro atoms. The van der Waals surface area contributed by atoms with E-state index in [1.165, 1.54) is 10.7 Å². The van der Waals surface area contributed by atoms with Crippen molar-refractivity contribution in [3.8, 4) is 0 Å². The van der Waals surface area contributed by atoms with Crippen molar-refractivity contribution in [2.75, 3.05) is 0 Å². The summed E-state index contributed by atoms with van der Waals surface area (Å²) in [7, 11) is 1.71. The largest absolute Gasteiger partial charge is 0.417 e. The van der Waals surface area contributed by atoms with E-state index in [-0.39, 0.29) is 0 Å². The maximum Gasteiger partial charge on any atom is 0.417 e. The van der Waals surface area contributed by atoms with Crippen molar-refractivity contribution in [3.63, 3.8) is 0 Å². The summed E-state index contributed by atoms with van der Waals surface area (Å²) < 4.78 is 39.0. The molecule has 0 amide bonds. The van der Waals surface area contributed by atoms with Crippen molar-refractivity contribution >= 4 is 11.6 Å². The maximum atomic E-state index is 12.5. The third-order valence-corrected chi connectivity index (χ3v) is 3.66. The first-order chi connectivity index (χ1) is 9.70. The second-order valence-electron chi connectivity index (χ2n) is 4.76. The lowest BCUT2D eigenvalue weighted by molar-refractivity contribution is -0.137. The molecule has 0 fully saturated rings. The Balaban J connectivity index is 2.19. The predicted molar refractivity (Wildman–Crippen MR) is 72.8 cm³/mol. The van der Waals surface area contributed by atoms with Crippen LogP contribution in [0, 0.1) is 6.92 Å². The highest BCUT2D eigenvalue weighted by Gasteiger charge is 2.31. The van der Waals surface area contributed by atoms with Crippen LogP contribution in [0.15, 0.2) is 18.3 Å². The van der Waals surface area contributed by atoms with Gasteiger partial charge in [0.2, 0.25) is 0 Å². The van der Waals surface area contributed by atoms with Crippen LogP contribution >= 0.6 is 11.6 Å². The first-order valence-electron chi connectivity index (χ1n) is 6.17. The van der Waals surface area contributed by atoms with Crippen LogP contribution in [-0.4, -0.2) is 14.8 Å². The van der Waals surface area contributed by atoms with E-state index in [0.29, 0.717) is 17.3 Å². The average molecular weight is 319 g/mol. The van der Waals surface area contributed by atoms with E-state index in [9.17, 15) is 13.2 Å². The van der Waals surface area contributed by atoms with Crippen LogP contribution in [-0.2, 0) is 19.6 Å². The van der Waals surface area contributed by atoms with Crippen LogP contribution in [0.4, 0.5) is 13.2 Å². The van der Waals surface area contributed by atoms with Gasteiger partial charge in [0.25, 0.3) is 0 Å². The molecule has 8 heteroatoms. The van der Waals surface area contributed by atoms with Gasteiger partial charge < -0.3 is 5.73 Å². The Morgan fingerprint density at radius 1 is 1.38 bits per heavy atom. The number of aromatic nitrogens is 3. The summed E-state index contributed by atoms with van der Waals surface area (Å²) in [6.07, 6.45) is -3.26. The lowest BCUT2D eigenvalue weighted by Crippen LogP contribution is -2.16. The third-order valence-electron chi connectivity index (χ3n) is 3.19. The fraction of sp³-hybridized carbons (Fsp3) is 0.385. The van der Waals surface area contributed by atoms with Gasteiger partial charge in [-0.05, 0) is 25.5 Å². The minimum atomic E-state index is -4.40. The molecule has 114 valence electrons. The topological polar surface area (TPSA) is 56.7 Å². The Morgan fingerprint density at radius 3 is 2.48 bits per heavy atom. The SMILES string of the molecule is Cc1nn(C)c(Cl)c1CC(N)c1ccc(C(F)(F)F)cn1. The maximum absolute atomic E-state index is 12.5. The minimum absolute atomic E-state index is 0.358. The van der Waals surface area contributed by atoms with Gasteiger partial charge in [0.15, 0.2) is 0 Å². The number of hydrogen-bond donors (Lipinski definition) is 1. The molecule has 2 aromatic heterocycles. The minimum Gasteiger partial charge on any atom is -0.322 e. The first-order valence-corrected chi connectivity index (χ1v) is 6.54. The van der Waals surface area contributed by atoms with Gasteiger partial charge in [0, 0.05) is 18.8 Å². The molecular weight excluding hydrogens is 305 g/mol. The molecular formula is C13H14ClF3N4. The zero-order valence-corrected chi connectivity index (χ0v) is 12.2. The lowest BCUT2D eigenvalue weighted by Gasteiger charge is -2.12. The highest BCUT2D eigenvalue weighted by atomic mass is 35.5. The van der Waals surface area contributed by atoms with E-state index in [1.807, 2.05) is 0 Å². The first kappa shape index (κ1) is 15.8. The van der Waals surface area contributed by atoms with Crippen molar-refractivity contribution in [2.45, 2.75) is 25.6 Å². The van der Waals surface area contributed by atoms with Gasteiger partial charge in [-0.1, -0.05) is 11.6 Å². The number of nitrogens with zero attached hydrogens (tertiary/aromatic N) is 3. The Hall–Kier alpha value is -1.60. The highest BCUT2D eigenvalue weighted by molar-refractivity contribution is 6.30. The molecule has 1 unspecified atom stereocenters.